The number of hydrogen-bond acceptors (Lipinski definition) is 8. The summed E-state index contributed by atoms with van der Waals surface area (Å²) in [7, 11) is 3.99. The van der Waals surface area contributed by atoms with Crippen molar-refractivity contribution in [1.82, 2.24) is 15.3 Å². The maximum Gasteiger partial charge on any atom is 0.336 e. The van der Waals surface area contributed by atoms with Crippen LogP contribution in [0, 0.1) is 0 Å². The van der Waals surface area contributed by atoms with Gasteiger partial charge in [0.25, 0.3) is 5.91 Å². The highest BCUT2D eigenvalue weighted by Crippen LogP contribution is 2.29. The summed E-state index contributed by atoms with van der Waals surface area (Å²) in [6, 6.07) is 15.5. The number of carboxylic acid groups (broad SMARTS) is 1. The van der Waals surface area contributed by atoms with Crippen molar-refractivity contribution in [2.24, 2.45) is 0 Å². The zero-order chi connectivity index (χ0) is 25.2. The summed E-state index contributed by atoms with van der Waals surface area (Å²) in [5.41, 5.74) is 2.93. The molecule has 0 aliphatic carbocycles. The second-order valence-corrected chi connectivity index (χ2v) is 8.98. The van der Waals surface area contributed by atoms with Crippen molar-refractivity contribution in [2.75, 3.05) is 37.5 Å². The van der Waals surface area contributed by atoms with Gasteiger partial charge in [-0.15, -0.1) is 0 Å². The number of carboxylic acids is 1. The Labute approximate surface area is 208 Å². The predicted molar refractivity (Wildman–Crippen MR) is 133 cm³/mol. The average Bonchev–Trinajstić information content (AvgIpc) is 3.47. The standard InChI is InChI=1S/C26H27N5O5/c1-31(2)16-9-7-15(8-10-16)19-11-12-27-26(29-19)30-21-14-36-22-20(13-35-23(21)22)28-24(32)17-5-3-4-6-18(17)25(33)34/h3-12,20-23H,13-14H2,1-2H3,(H,28,32)(H,33,34)(H,27,29,30)/t20-,21+,22-,23+/m0/s1. The van der Waals surface area contributed by atoms with Crippen molar-refractivity contribution in [3.8, 4) is 11.3 Å². The fourth-order valence-electron chi connectivity index (χ4n) is 4.55. The van der Waals surface area contributed by atoms with Crippen molar-refractivity contribution in [1.29, 1.82) is 0 Å². The van der Waals surface area contributed by atoms with Crippen LogP contribution in [0.3, 0.4) is 0 Å². The molecule has 0 spiro atoms. The number of nitrogens with one attached hydrogen (secondary N) is 2. The van der Waals surface area contributed by atoms with Gasteiger partial charge in [0.05, 0.1) is 42.1 Å². The van der Waals surface area contributed by atoms with Gasteiger partial charge in [-0.1, -0.05) is 24.3 Å². The van der Waals surface area contributed by atoms with Gasteiger partial charge in [-0.2, -0.15) is 0 Å². The molecule has 0 radical (unpaired) electrons. The molecule has 1 amide bonds. The molecule has 36 heavy (non-hydrogen) atoms. The number of nitrogens with zero attached hydrogens (tertiary/aromatic N) is 3. The smallest absolute Gasteiger partial charge is 0.336 e. The van der Waals surface area contributed by atoms with E-state index >= 15 is 0 Å². The fourth-order valence-corrected chi connectivity index (χ4v) is 4.55. The zero-order valence-corrected chi connectivity index (χ0v) is 19.9. The predicted octanol–water partition coefficient (Wildman–Crippen LogP) is 2.28. The number of hydrogen-bond donors (Lipinski definition) is 3. The third kappa shape index (κ3) is 4.73. The van der Waals surface area contributed by atoms with Crippen molar-refractivity contribution in [3.05, 3.63) is 71.9 Å². The van der Waals surface area contributed by atoms with Gasteiger partial charge in [0.15, 0.2) is 0 Å². The molecule has 10 nitrogen and oxygen atoms in total. The van der Waals surface area contributed by atoms with Crippen LogP contribution in [0.25, 0.3) is 11.3 Å². The average molecular weight is 490 g/mol. The molecule has 5 rings (SSSR count). The van der Waals surface area contributed by atoms with Gasteiger partial charge in [-0.05, 0) is 30.3 Å². The summed E-state index contributed by atoms with van der Waals surface area (Å²) in [6.45, 7) is 0.617. The molecule has 2 fully saturated rings. The minimum absolute atomic E-state index is 0.0502. The van der Waals surface area contributed by atoms with E-state index in [4.69, 9.17) is 9.47 Å². The molecular weight excluding hydrogens is 462 g/mol. The number of benzene rings is 2. The van der Waals surface area contributed by atoms with E-state index in [2.05, 4.69) is 20.6 Å². The van der Waals surface area contributed by atoms with Gasteiger partial charge in [0.1, 0.15) is 12.2 Å². The quantitative estimate of drug-likeness (QED) is 0.458. The Morgan fingerprint density at radius 3 is 2.31 bits per heavy atom. The highest BCUT2D eigenvalue weighted by Gasteiger charge is 2.48. The van der Waals surface area contributed by atoms with Crippen LogP contribution in [0.2, 0.25) is 0 Å². The lowest BCUT2D eigenvalue weighted by Gasteiger charge is -2.19. The molecule has 3 aromatic rings. The molecule has 2 aliphatic rings. The molecular formula is C26H27N5O5. The highest BCUT2D eigenvalue weighted by molar-refractivity contribution is 6.04. The molecule has 2 aromatic carbocycles. The van der Waals surface area contributed by atoms with Gasteiger partial charge >= 0.3 is 5.97 Å². The summed E-state index contributed by atoms with van der Waals surface area (Å²) >= 11 is 0. The van der Waals surface area contributed by atoms with E-state index in [-0.39, 0.29) is 36.0 Å². The number of carbonyl (C=O) groups excluding carboxylic acids is 1. The minimum atomic E-state index is -1.15. The number of ether oxygens (including phenoxy) is 2. The molecule has 2 saturated heterocycles. The summed E-state index contributed by atoms with van der Waals surface area (Å²) in [5, 5.41) is 15.6. The van der Waals surface area contributed by atoms with Crippen molar-refractivity contribution in [2.45, 2.75) is 24.3 Å². The summed E-state index contributed by atoms with van der Waals surface area (Å²) in [5.74, 6) is -1.16. The van der Waals surface area contributed by atoms with E-state index in [1.165, 1.54) is 12.1 Å². The Hall–Kier alpha value is -4.02. The zero-order valence-electron chi connectivity index (χ0n) is 19.9. The first-order valence-corrected chi connectivity index (χ1v) is 11.6. The van der Waals surface area contributed by atoms with E-state index in [1.54, 1.807) is 18.3 Å². The third-order valence-corrected chi connectivity index (χ3v) is 6.42. The van der Waals surface area contributed by atoms with Crippen molar-refractivity contribution >= 4 is 23.5 Å². The second kappa shape index (κ2) is 9.92. The van der Waals surface area contributed by atoms with Crippen LogP contribution in [-0.4, -0.2) is 78.6 Å². The van der Waals surface area contributed by atoms with E-state index in [0.717, 1.165) is 16.9 Å². The summed E-state index contributed by atoms with van der Waals surface area (Å²) < 4.78 is 11.9. The Morgan fingerprint density at radius 1 is 0.944 bits per heavy atom. The first-order chi connectivity index (χ1) is 17.4. The van der Waals surface area contributed by atoms with Gasteiger partial charge in [0, 0.05) is 31.5 Å². The van der Waals surface area contributed by atoms with Crippen LogP contribution in [-0.2, 0) is 9.47 Å². The topological polar surface area (TPSA) is 126 Å². The fraction of sp³-hybridized carbons (Fsp3) is 0.308. The summed E-state index contributed by atoms with van der Waals surface area (Å²) in [4.78, 5) is 35.3. The molecule has 10 heteroatoms. The lowest BCUT2D eigenvalue weighted by Crippen LogP contribution is -2.45. The van der Waals surface area contributed by atoms with Crippen molar-refractivity contribution < 1.29 is 24.2 Å². The Morgan fingerprint density at radius 2 is 1.61 bits per heavy atom. The molecule has 3 heterocycles. The van der Waals surface area contributed by atoms with Crippen LogP contribution in [0.5, 0.6) is 0 Å². The maximum atomic E-state index is 12.8. The Balaban J connectivity index is 1.24. The van der Waals surface area contributed by atoms with Crippen LogP contribution < -0.4 is 15.5 Å². The molecule has 3 N–H and O–H groups in total. The van der Waals surface area contributed by atoms with Crippen LogP contribution in [0.15, 0.2) is 60.8 Å². The first kappa shape index (κ1) is 23.7. The van der Waals surface area contributed by atoms with Crippen LogP contribution in [0.1, 0.15) is 20.7 Å². The number of aromatic nitrogens is 2. The van der Waals surface area contributed by atoms with E-state index < -0.39 is 17.9 Å². The summed E-state index contributed by atoms with van der Waals surface area (Å²) in [6.07, 6.45) is 1.03. The Bertz CT molecular complexity index is 1270. The van der Waals surface area contributed by atoms with E-state index in [0.29, 0.717) is 12.6 Å². The lowest BCUT2D eigenvalue weighted by atomic mass is 10.0. The van der Waals surface area contributed by atoms with Crippen LogP contribution in [0.4, 0.5) is 11.6 Å². The van der Waals surface area contributed by atoms with Gasteiger partial charge in [-0.25, -0.2) is 14.8 Å². The number of anilines is 2. The Kier molecular flexibility index (Phi) is 6.53. The first-order valence-electron chi connectivity index (χ1n) is 11.6. The SMILES string of the molecule is CN(C)c1ccc(-c2ccnc(N[C@@H]3CO[C@@H]4[C@@H]3OC[C@@H]4NC(=O)c3ccccc3C(=O)O)n2)cc1. The highest BCUT2D eigenvalue weighted by atomic mass is 16.6. The number of rotatable bonds is 7. The molecule has 1 aromatic heterocycles. The van der Waals surface area contributed by atoms with E-state index in [9.17, 15) is 14.7 Å². The molecule has 186 valence electrons. The number of amides is 1. The number of fused-ring (bicyclic) bond motifs is 1. The molecule has 0 bridgehead atoms. The molecule has 4 atom stereocenters. The molecule has 0 saturated carbocycles. The molecule has 0 unspecified atom stereocenters. The lowest BCUT2D eigenvalue weighted by molar-refractivity contribution is 0.0646. The number of aromatic carboxylic acids is 1. The van der Waals surface area contributed by atoms with Crippen molar-refractivity contribution in [3.63, 3.8) is 0 Å². The normalized spacial score (nSPS) is 22.6. The number of carbonyl (C=O) groups is 2. The monoisotopic (exact) mass is 489 g/mol. The second-order valence-electron chi connectivity index (χ2n) is 8.98. The maximum absolute atomic E-state index is 12.8. The molecule has 2 aliphatic heterocycles. The van der Waals surface area contributed by atoms with Gasteiger partial charge in [-0.3, -0.25) is 4.79 Å². The largest absolute Gasteiger partial charge is 0.478 e. The van der Waals surface area contributed by atoms with Gasteiger partial charge in [0.2, 0.25) is 5.95 Å². The van der Waals surface area contributed by atoms with Gasteiger partial charge < -0.3 is 30.1 Å². The van der Waals surface area contributed by atoms with Crippen LogP contribution >= 0.6 is 0 Å². The third-order valence-electron chi connectivity index (χ3n) is 6.42. The minimum Gasteiger partial charge on any atom is -0.478 e. The van der Waals surface area contributed by atoms with E-state index in [1.807, 2.05) is 49.3 Å².